The molecule has 0 bridgehead atoms. The van der Waals surface area contributed by atoms with Crippen LogP contribution in [-0.2, 0) is 0 Å². The molecule has 1 rings (SSSR count). The molecule has 0 aromatic heterocycles. The molecule has 1 aromatic carbocycles. The third kappa shape index (κ3) is 5.97. The Morgan fingerprint density at radius 3 is 2.53 bits per heavy atom. The molecule has 0 heterocycles. The van der Waals surface area contributed by atoms with E-state index >= 15 is 0 Å². The number of rotatable bonds is 5. The van der Waals surface area contributed by atoms with Gasteiger partial charge < -0.3 is 0 Å². The van der Waals surface area contributed by atoms with Crippen molar-refractivity contribution in [2.24, 2.45) is 0 Å². The Hall–Kier alpha value is -1.48. The summed E-state index contributed by atoms with van der Waals surface area (Å²) in [5.74, 6) is 6.56. The Morgan fingerprint density at radius 1 is 1.12 bits per heavy atom. The largest absolute Gasteiger partial charge is 0.0729 e. The average Bonchev–Trinajstić information content (AvgIpc) is 2.39. The van der Waals surface area contributed by atoms with Gasteiger partial charge in [-0.2, -0.15) is 0 Å². The van der Waals surface area contributed by atoms with E-state index in [2.05, 4.69) is 43.9 Å². The Labute approximate surface area is 106 Å². The lowest BCUT2D eigenvalue weighted by Gasteiger charge is -1.98. The Morgan fingerprint density at radius 2 is 1.88 bits per heavy atom. The molecule has 0 N–H and O–H groups in total. The van der Waals surface area contributed by atoms with Crippen LogP contribution in [0.15, 0.2) is 42.0 Å². The summed E-state index contributed by atoms with van der Waals surface area (Å²) >= 11 is 0. The fraction of sp³-hybridized carbons (Fsp3) is 0.412. The van der Waals surface area contributed by atoms with Gasteiger partial charge in [-0.05, 0) is 37.0 Å². The van der Waals surface area contributed by atoms with Gasteiger partial charge in [0.25, 0.3) is 0 Å². The van der Waals surface area contributed by atoms with Gasteiger partial charge in [0.05, 0.1) is 0 Å². The van der Waals surface area contributed by atoms with Crippen LogP contribution in [-0.4, -0.2) is 0 Å². The zero-order chi connectivity index (χ0) is 12.3. The maximum atomic E-state index is 3.32. The molecule has 0 amide bonds. The molecule has 0 radical (unpaired) electrons. The highest BCUT2D eigenvalue weighted by Gasteiger charge is 1.92. The van der Waals surface area contributed by atoms with Crippen LogP contribution >= 0.6 is 0 Å². The van der Waals surface area contributed by atoms with Gasteiger partial charge in [0.15, 0.2) is 0 Å². The molecule has 0 unspecified atom stereocenters. The highest BCUT2D eigenvalue weighted by atomic mass is 14.0. The van der Waals surface area contributed by atoms with E-state index in [-0.39, 0.29) is 0 Å². The minimum absolute atomic E-state index is 1.10. The minimum atomic E-state index is 1.10. The second-order valence-corrected chi connectivity index (χ2v) is 4.24. The molecule has 0 aliphatic heterocycles. The first-order valence-corrected chi connectivity index (χ1v) is 6.63. The van der Waals surface area contributed by atoms with Crippen molar-refractivity contribution in [1.29, 1.82) is 0 Å². The first-order chi connectivity index (χ1) is 8.36. The van der Waals surface area contributed by atoms with E-state index in [4.69, 9.17) is 0 Å². The summed E-state index contributed by atoms with van der Waals surface area (Å²) in [5, 5.41) is 0. The van der Waals surface area contributed by atoms with Crippen LogP contribution in [0.25, 0.3) is 0 Å². The van der Waals surface area contributed by atoms with Crippen LogP contribution in [0.2, 0.25) is 0 Å². The predicted molar refractivity (Wildman–Crippen MR) is 75.8 cm³/mol. The molecule has 0 aliphatic rings. The van der Waals surface area contributed by atoms with Crippen LogP contribution in [0, 0.1) is 11.8 Å². The number of allylic oxidation sites excluding steroid dienone is 2. The van der Waals surface area contributed by atoms with Gasteiger partial charge in [-0.1, -0.05) is 62.8 Å². The Bertz CT molecular complexity index is 387. The summed E-state index contributed by atoms with van der Waals surface area (Å²) in [5.41, 5.74) is 2.41. The summed E-state index contributed by atoms with van der Waals surface area (Å²) in [6, 6.07) is 10.2. The van der Waals surface area contributed by atoms with Crippen molar-refractivity contribution in [2.45, 2.75) is 46.0 Å². The van der Waals surface area contributed by atoms with Gasteiger partial charge in [0.2, 0.25) is 0 Å². The Kier molecular flexibility index (Phi) is 6.91. The zero-order valence-corrected chi connectivity index (χ0v) is 11.0. The molecule has 0 saturated heterocycles. The van der Waals surface area contributed by atoms with Crippen molar-refractivity contribution < 1.29 is 0 Å². The lowest BCUT2D eigenvalue weighted by molar-refractivity contribution is 0.795. The van der Waals surface area contributed by atoms with Crippen molar-refractivity contribution in [3.63, 3.8) is 0 Å². The van der Waals surface area contributed by atoms with Crippen LogP contribution in [0.5, 0.6) is 0 Å². The molecule has 0 fully saturated rings. The monoisotopic (exact) mass is 226 g/mol. The average molecular weight is 226 g/mol. The van der Waals surface area contributed by atoms with Crippen LogP contribution < -0.4 is 0 Å². The molecule has 0 heteroatoms. The first kappa shape index (κ1) is 13.6. The summed E-state index contributed by atoms with van der Waals surface area (Å²) in [7, 11) is 0. The topological polar surface area (TPSA) is 0 Å². The number of hydrogen-bond acceptors (Lipinski definition) is 0. The maximum absolute atomic E-state index is 3.32. The summed E-state index contributed by atoms with van der Waals surface area (Å²) in [6.07, 6.45) is 8.22. The quantitative estimate of drug-likeness (QED) is 0.623. The van der Waals surface area contributed by atoms with Gasteiger partial charge in [0.1, 0.15) is 0 Å². The lowest BCUT2D eigenvalue weighted by Crippen LogP contribution is -1.82. The lowest BCUT2D eigenvalue weighted by atomic mass is 10.1. The third-order valence-corrected chi connectivity index (χ3v) is 2.62. The SMILES string of the molecule is CCC/C=C(\C#Cc1ccccc1)CCCC. The van der Waals surface area contributed by atoms with Gasteiger partial charge >= 0.3 is 0 Å². The first-order valence-electron chi connectivity index (χ1n) is 6.63. The second kappa shape index (κ2) is 8.65. The van der Waals surface area contributed by atoms with Gasteiger partial charge in [0, 0.05) is 5.56 Å². The molecular formula is C17H22. The molecule has 17 heavy (non-hydrogen) atoms. The number of unbranched alkanes of at least 4 members (excludes halogenated alkanes) is 2. The molecular weight excluding hydrogens is 204 g/mol. The van der Waals surface area contributed by atoms with Gasteiger partial charge in [-0.15, -0.1) is 0 Å². The van der Waals surface area contributed by atoms with Crippen molar-refractivity contribution in [1.82, 2.24) is 0 Å². The summed E-state index contributed by atoms with van der Waals surface area (Å²) in [4.78, 5) is 0. The second-order valence-electron chi connectivity index (χ2n) is 4.24. The minimum Gasteiger partial charge on any atom is -0.0729 e. The van der Waals surface area contributed by atoms with Crippen molar-refractivity contribution in [2.75, 3.05) is 0 Å². The third-order valence-electron chi connectivity index (χ3n) is 2.62. The van der Waals surface area contributed by atoms with E-state index in [0.717, 1.165) is 18.4 Å². The van der Waals surface area contributed by atoms with Gasteiger partial charge in [-0.3, -0.25) is 0 Å². The van der Waals surface area contributed by atoms with Crippen LogP contribution in [0.3, 0.4) is 0 Å². The van der Waals surface area contributed by atoms with Crippen molar-refractivity contribution in [3.8, 4) is 11.8 Å². The van der Waals surface area contributed by atoms with E-state index in [0.29, 0.717) is 0 Å². The van der Waals surface area contributed by atoms with Crippen LogP contribution in [0.4, 0.5) is 0 Å². The maximum Gasteiger partial charge on any atom is 0.0248 e. The molecule has 0 atom stereocenters. The summed E-state index contributed by atoms with van der Waals surface area (Å²) in [6.45, 7) is 4.43. The Balaban J connectivity index is 2.69. The molecule has 90 valence electrons. The van der Waals surface area contributed by atoms with E-state index in [9.17, 15) is 0 Å². The fourth-order valence-electron chi connectivity index (χ4n) is 1.58. The highest BCUT2D eigenvalue weighted by molar-refractivity contribution is 5.40. The van der Waals surface area contributed by atoms with Crippen LogP contribution in [0.1, 0.15) is 51.5 Å². The number of hydrogen-bond donors (Lipinski definition) is 0. The van der Waals surface area contributed by atoms with E-state index in [1.54, 1.807) is 0 Å². The molecule has 1 aromatic rings. The van der Waals surface area contributed by atoms with E-state index in [1.807, 2.05) is 18.2 Å². The smallest absolute Gasteiger partial charge is 0.0248 e. The normalized spacial score (nSPS) is 10.8. The molecule has 0 saturated carbocycles. The molecule has 0 spiro atoms. The molecule has 0 nitrogen and oxygen atoms in total. The van der Waals surface area contributed by atoms with Crippen molar-refractivity contribution >= 4 is 0 Å². The summed E-state index contributed by atoms with van der Waals surface area (Å²) < 4.78 is 0. The zero-order valence-electron chi connectivity index (χ0n) is 11.0. The van der Waals surface area contributed by atoms with E-state index < -0.39 is 0 Å². The standard InChI is InChI=1S/C17H22/c1-3-5-10-16(11-6-4-2)14-15-17-12-8-7-9-13-17/h7-10,12-13H,3-6,11H2,1-2H3/b16-10-. The molecule has 0 aliphatic carbocycles. The van der Waals surface area contributed by atoms with E-state index in [1.165, 1.54) is 24.8 Å². The number of benzene rings is 1. The van der Waals surface area contributed by atoms with Crippen molar-refractivity contribution in [3.05, 3.63) is 47.5 Å². The highest BCUT2D eigenvalue weighted by Crippen LogP contribution is 2.08. The van der Waals surface area contributed by atoms with Gasteiger partial charge in [-0.25, -0.2) is 0 Å². The predicted octanol–water partition coefficient (Wildman–Crippen LogP) is 4.95. The fourth-order valence-corrected chi connectivity index (χ4v) is 1.58.